The molecule has 0 unspecified atom stereocenters. The highest BCUT2D eigenvalue weighted by molar-refractivity contribution is 6.10. The van der Waals surface area contributed by atoms with Crippen molar-refractivity contribution in [2.75, 3.05) is 11.9 Å². The minimum Gasteiger partial charge on any atom is -0.478 e. The lowest BCUT2D eigenvalue weighted by molar-refractivity contribution is -0.133. The Labute approximate surface area is 106 Å². The van der Waals surface area contributed by atoms with Crippen molar-refractivity contribution in [3.05, 3.63) is 41.5 Å². The van der Waals surface area contributed by atoms with Crippen molar-refractivity contribution in [2.45, 2.75) is 19.3 Å². The van der Waals surface area contributed by atoms with Gasteiger partial charge in [0.25, 0.3) is 5.91 Å². The van der Waals surface area contributed by atoms with Crippen molar-refractivity contribution in [2.24, 2.45) is 0 Å². The van der Waals surface area contributed by atoms with Gasteiger partial charge in [-0.1, -0.05) is 18.2 Å². The van der Waals surface area contributed by atoms with Crippen LogP contribution in [-0.4, -0.2) is 24.0 Å². The molecule has 0 saturated carbocycles. The summed E-state index contributed by atoms with van der Waals surface area (Å²) in [6, 6.07) is 9.22. The molecule has 0 spiro atoms. The fourth-order valence-electron chi connectivity index (χ4n) is 2.19. The van der Waals surface area contributed by atoms with Crippen LogP contribution in [-0.2, 0) is 9.59 Å². The van der Waals surface area contributed by atoms with E-state index in [2.05, 4.69) is 0 Å². The lowest BCUT2D eigenvalue weighted by atomic mass is 10.1. The Bertz CT molecular complexity index is 505. The Kier molecular flexibility index (Phi) is 3.46. The predicted octanol–water partition coefficient (Wildman–Crippen LogP) is 2.21. The molecule has 1 aliphatic rings. The second kappa shape index (κ2) is 5.04. The van der Waals surface area contributed by atoms with Gasteiger partial charge in [0.15, 0.2) is 0 Å². The maximum absolute atomic E-state index is 12.3. The summed E-state index contributed by atoms with van der Waals surface area (Å²) in [5.74, 6) is -1.19. The average molecular weight is 245 g/mol. The number of rotatable bonds is 3. The van der Waals surface area contributed by atoms with Crippen LogP contribution in [0.25, 0.3) is 0 Å². The number of anilines is 1. The van der Waals surface area contributed by atoms with E-state index in [4.69, 9.17) is 5.11 Å². The molecule has 0 heterocycles. The lowest BCUT2D eigenvalue weighted by Crippen LogP contribution is -2.28. The third-order valence-electron chi connectivity index (χ3n) is 3.18. The summed E-state index contributed by atoms with van der Waals surface area (Å²) in [6.45, 7) is 0. The molecule has 4 heteroatoms. The zero-order valence-corrected chi connectivity index (χ0v) is 10.2. The van der Waals surface area contributed by atoms with Gasteiger partial charge in [0.2, 0.25) is 0 Å². The SMILES string of the molecule is CN(C(=O)C1=C(C(=O)O)CCC1)c1ccccc1. The fraction of sp³-hybridized carbons (Fsp3) is 0.286. The maximum Gasteiger partial charge on any atom is 0.332 e. The van der Waals surface area contributed by atoms with Crippen LogP contribution in [0.5, 0.6) is 0 Å². The van der Waals surface area contributed by atoms with Crippen molar-refractivity contribution < 1.29 is 14.7 Å². The molecule has 1 amide bonds. The largest absolute Gasteiger partial charge is 0.478 e. The highest BCUT2D eigenvalue weighted by atomic mass is 16.4. The van der Waals surface area contributed by atoms with Gasteiger partial charge in [-0.3, -0.25) is 4.79 Å². The van der Waals surface area contributed by atoms with Crippen LogP contribution in [0.15, 0.2) is 41.5 Å². The second-order valence-corrected chi connectivity index (χ2v) is 4.32. The Hall–Kier alpha value is -2.10. The second-order valence-electron chi connectivity index (χ2n) is 4.32. The molecular formula is C14H15NO3. The molecule has 1 aromatic rings. The number of nitrogens with zero attached hydrogens (tertiary/aromatic N) is 1. The van der Waals surface area contributed by atoms with Gasteiger partial charge in [0, 0.05) is 23.9 Å². The first-order valence-corrected chi connectivity index (χ1v) is 5.89. The third-order valence-corrected chi connectivity index (χ3v) is 3.18. The molecular weight excluding hydrogens is 230 g/mol. The Morgan fingerprint density at radius 3 is 2.33 bits per heavy atom. The normalized spacial score (nSPS) is 14.7. The van der Waals surface area contributed by atoms with E-state index in [9.17, 15) is 9.59 Å². The molecule has 0 aliphatic heterocycles. The van der Waals surface area contributed by atoms with Crippen molar-refractivity contribution >= 4 is 17.6 Å². The summed E-state index contributed by atoms with van der Waals surface area (Å²) in [5.41, 5.74) is 1.48. The van der Waals surface area contributed by atoms with E-state index in [0.29, 0.717) is 18.4 Å². The zero-order valence-electron chi connectivity index (χ0n) is 10.2. The Balaban J connectivity index is 2.27. The van der Waals surface area contributed by atoms with E-state index in [0.717, 1.165) is 12.1 Å². The number of benzene rings is 1. The van der Waals surface area contributed by atoms with Gasteiger partial charge in [-0.05, 0) is 31.4 Å². The van der Waals surface area contributed by atoms with Gasteiger partial charge in [-0.15, -0.1) is 0 Å². The highest BCUT2D eigenvalue weighted by Gasteiger charge is 2.27. The summed E-state index contributed by atoms with van der Waals surface area (Å²) < 4.78 is 0. The standard InChI is InChI=1S/C14H15NO3/c1-15(10-6-3-2-4-7-10)13(16)11-8-5-9-12(11)14(17)18/h2-4,6-7H,5,8-9H2,1H3,(H,17,18). The molecule has 18 heavy (non-hydrogen) atoms. The van der Waals surface area contributed by atoms with Crippen LogP contribution < -0.4 is 4.90 Å². The molecule has 0 atom stereocenters. The minimum atomic E-state index is -0.975. The molecule has 94 valence electrons. The first kappa shape index (κ1) is 12.4. The number of carbonyl (C=O) groups excluding carboxylic acids is 1. The van der Waals surface area contributed by atoms with Gasteiger partial charge >= 0.3 is 5.97 Å². The van der Waals surface area contributed by atoms with Gasteiger partial charge in [0.05, 0.1) is 0 Å². The molecule has 1 N–H and O–H groups in total. The molecule has 0 saturated heterocycles. The summed E-state index contributed by atoms with van der Waals surface area (Å²) in [6.07, 6.45) is 1.78. The number of hydrogen-bond acceptors (Lipinski definition) is 2. The van der Waals surface area contributed by atoms with Crippen molar-refractivity contribution in [1.29, 1.82) is 0 Å². The van der Waals surface area contributed by atoms with Crippen LogP contribution in [0.3, 0.4) is 0 Å². The number of carbonyl (C=O) groups is 2. The predicted molar refractivity (Wildman–Crippen MR) is 68.4 cm³/mol. The molecule has 0 aromatic heterocycles. The van der Waals surface area contributed by atoms with E-state index in [-0.39, 0.29) is 11.5 Å². The van der Waals surface area contributed by atoms with Gasteiger partial charge in [-0.25, -0.2) is 4.79 Å². The highest BCUT2D eigenvalue weighted by Crippen LogP contribution is 2.28. The third kappa shape index (κ3) is 2.27. The van der Waals surface area contributed by atoms with Crippen LogP contribution in [0.1, 0.15) is 19.3 Å². The number of hydrogen-bond donors (Lipinski definition) is 1. The fourth-order valence-corrected chi connectivity index (χ4v) is 2.19. The molecule has 2 rings (SSSR count). The van der Waals surface area contributed by atoms with E-state index in [1.165, 1.54) is 4.90 Å². The first-order valence-electron chi connectivity index (χ1n) is 5.89. The smallest absolute Gasteiger partial charge is 0.332 e. The zero-order chi connectivity index (χ0) is 13.1. The van der Waals surface area contributed by atoms with E-state index < -0.39 is 5.97 Å². The summed E-state index contributed by atoms with van der Waals surface area (Å²) >= 11 is 0. The molecule has 4 nitrogen and oxygen atoms in total. The van der Waals surface area contributed by atoms with E-state index in [1.54, 1.807) is 7.05 Å². The van der Waals surface area contributed by atoms with Crippen molar-refractivity contribution in [1.82, 2.24) is 0 Å². The summed E-state index contributed by atoms with van der Waals surface area (Å²) in [5, 5.41) is 9.06. The molecule has 0 radical (unpaired) electrons. The number of likely N-dealkylation sites (N-methyl/N-ethyl adjacent to an activating group) is 1. The van der Waals surface area contributed by atoms with E-state index >= 15 is 0 Å². The molecule has 0 fully saturated rings. The number of amides is 1. The molecule has 0 bridgehead atoms. The maximum atomic E-state index is 12.3. The number of carboxylic acids is 1. The monoisotopic (exact) mass is 245 g/mol. The first-order chi connectivity index (χ1) is 8.61. The Morgan fingerprint density at radius 1 is 1.11 bits per heavy atom. The molecule has 1 aliphatic carbocycles. The minimum absolute atomic E-state index is 0.212. The lowest BCUT2D eigenvalue weighted by Gasteiger charge is -2.18. The number of aliphatic carboxylic acids is 1. The van der Waals surface area contributed by atoms with E-state index in [1.807, 2.05) is 30.3 Å². The van der Waals surface area contributed by atoms with Crippen molar-refractivity contribution in [3.63, 3.8) is 0 Å². The number of carboxylic acid groups (broad SMARTS) is 1. The van der Waals surface area contributed by atoms with Crippen LogP contribution in [0.4, 0.5) is 5.69 Å². The topological polar surface area (TPSA) is 57.6 Å². The molecule has 1 aromatic carbocycles. The van der Waals surface area contributed by atoms with Gasteiger partial charge in [0.1, 0.15) is 0 Å². The Morgan fingerprint density at radius 2 is 1.72 bits per heavy atom. The van der Waals surface area contributed by atoms with Crippen LogP contribution >= 0.6 is 0 Å². The van der Waals surface area contributed by atoms with Crippen LogP contribution in [0.2, 0.25) is 0 Å². The van der Waals surface area contributed by atoms with Crippen LogP contribution in [0, 0.1) is 0 Å². The average Bonchev–Trinajstić information content (AvgIpc) is 2.87. The van der Waals surface area contributed by atoms with Gasteiger partial charge in [-0.2, -0.15) is 0 Å². The summed E-state index contributed by atoms with van der Waals surface area (Å²) in [7, 11) is 1.67. The quantitative estimate of drug-likeness (QED) is 0.888. The summed E-state index contributed by atoms with van der Waals surface area (Å²) in [4.78, 5) is 24.8. The number of para-hydroxylation sites is 1. The van der Waals surface area contributed by atoms with Gasteiger partial charge < -0.3 is 10.0 Å². The van der Waals surface area contributed by atoms with Crippen molar-refractivity contribution in [3.8, 4) is 0 Å².